The lowest BCUT2D eigenvalue weighted by Gasteiger charge is -2.18. The van der Waals surface area contributed by atoms with Gasteiger partial charge in [-0.15, -0.1) is 0 Å². The van der Waals surface area contributed by atoms with Crippen molar-refractivity contribution in [1.82, 2.24) is 5.32 Å². The highest BCUT2D eigenvalue weighted by atomic mass is 19.1. The molecule has 3 nitrogen and oxygen atoms in total. The Hall–Kier alpha value is -1.04. The normalized spacial score (nSPS) is 18.0. The summed E-state index contributed by atoms with van der Waals surface area (Å²) < 4.78 is 31.8. The predicted octanol–water partition coefficient (Wildman–Crippen LogP) is 2.40. The number of ether oxygens (including phenoxy) is 1. The summed E-state index contributed by atoms with van der Waals surface area (Å²) in [5.74, 6) is -0.501. The van der Waals surface area contributed by atoms with Crippen molar-refractivity contribution < 1.29 is 18.6 Å². The van der Waals surface area contributed by atoms with Gasteiger partial charge in [0.15, 0.2) is 0 Å². The van der Waals surface area contributed by atoms with Crippen LogP contribution in [0, 0.1) is 17.6 Å². The molecule has 0 bridgehead atoms. The Morgan fingerprint density at radius 1 is 1.40 bits per heavy atom. The molecule has 0 amide bonds. The van der Waals surface area contributed by atoms with E-state index >= 15 is 0 Å². The van der Waals surface area contributed by atoms with E-state index in [9.17, 15) is 13.9 Å². The third-order valence-corrected chi connectivity index (χ3v) is 3.45. The third kappa shape index (κ3) is 4.81. The summed E-state index contributed by atoms with van der Waals surface area (Å²) >= 11 is 0. The molecule has 0 aromatic heterocycles. The fraction of sp³-hybridized carbons (Fsp3) is 0.600. The van der Waals surface area contributed by atoms with Gasteiger partial charge in [-0.3, -0.25) is 0 Å². The highest BCUT2D eigenvalue weighted by Gasteiger charge is 2.21. The molecule has 2 N–H and O–H groups in total. The first kappa shape index (κ1) is 15.4. The van der Waals surface area contributed by atoms with Crippen LogP contribution >= 0.6 is 0 Å². The molecule has 5 heteroatoms. The summed E-state index contributed by atoms with van der Waals surface area (Å²) in [6.45, 7) is 3.07. The van der Waals surface area contributed by atoms with Gasteiger partial charge in [0.25, 0.3) is 0 Å². The summed E-state index contributed by atoms with van der Waals surface area (Å²) in [6, 6.07) is 3.21. The molecule has 1 fully saturated rings. The molecule has 112 valence electrons. The summed E-state index contributed by atoms with van der Waals surface area (Å²) in [6.07, 6.45) is 1.81. The third-order valence-electron chi connectivity index (χ3n) is 3.45. The number of nitrogens with one attached hydrogen (secondary N) is 1. The van der Waals surface area contributed by atoms with Gasteiger partial charge in [-0.2, -0.15) is 0 Å². The van der Waals surface area contributed by atoms with Gasteiger partial charge in [-0.1, -0.05) is 6.07 Å². The van der Waals surface area contributed by atoms with Crippen molar-refractivity contribution in [2.24, 2.45) is 5.92 Å². The van der Waals surface area contributed by atoms with Crippen molar-refractivity contribution in [1.29, 1.82) is 0 Å². The number of benzene rings is 1. The van der Waals surface area contributed by atoms with Crippen molar-refractivity contribution in [2.75, 3.05) is 19.8 Å². The van der Waals surface area contributed by atoms with E-state index in [2.05, 4.69) is 5.32 Å². The van der Waals surface area contributed by atoms with Crippen LogP contribution in [0.2, 0.25) is 0 Å². The summed E-state index contributed by atoms with van der Waals surface area (Å²) in [5.41, 5.74) is 0.387. The Balaban J connectivity index is 1.71. The van der Waals surface area contributed by atoms with Crippen molar-refractivity contribution in [3.05, 3.63) is 35.4 Å². The van der Waals surface area contributed by atoms with E-state index in [1.807, 2.05) is 0 Å². The van der Waals surface area contributed by atoms with Gasteiger partial charge in [-0.25, -0.2) is 8.78 Å². The Labute approximate surface area is 117 Å². The van der Waals surface area contributed by atoms with E-state index in [1.54, 1.807) is 6.92 Å². The molecule has 1 aromatic rings. The molecule has 0 saturated heterocycles. The topological polar surface area (TPSA) is 41.5 Å². The van der Waals surface area contributed by atoms with Gasteiger partial charge >= 0.3 is 0 Å². The number of halogens is 2. The van der Waals surface area contributed by atoms with E-state index in [0.717, 1.165) is 6.07 Å². The average Bonchev–Trinajstić information content (AvgIpc) is 3.20. The monoisotopic (exact) mass is 285 g/mol. The first-order valence-corrected chi connectivity index (χ1v) is 7.00. The first-order chi connectivity index (χ1) is 9.56. The molecule has 1 aliphatic carbocycles. The molecule has 0 heterocycles. The minimum Gasteiger partial charge on any atom is -0.389 e. The SMILES string of the molecule is CC(NCC(O)COCC1CC1)c1ccc(F)cc1F. The van der Waals surface area contributed by atoms with Crippen LogP contribution in [0.15, 0.2) is 18.2 Å². The van der Waals surface area contributed by atoms with Gasteiger partial charge in [0.05, 0.1) is 12.7 Å². The van der Waals surface area contributed by atoms with Crippen LogP contribution in [0.5, 0.6) is 0 Å². The van der Waals surface area contributed by atoms with Crippen LogP contribution in [0.3, 0.4) is 0 Å². The van der Waals surface area contributed by atoms with E-state index in [-0.39, 0.29) is 12.6 Å². The lowest BCUT2D eigenvalue weighted by atomic mass is 10.1. The van der Waals surface area contributed by atoms with Crippen LogP contribution in [0.1, 0.15) is 31.4 Å². The molecule has 0 radical (unpaired) electrons. The van der Waals surface area contributed by atoms with E-state index in [1.165, 1.54) is 25.0 Å². The molecule has 1 saturated carbocycles. The van der Waals surface area contributed by atoms with Crippen LogP contribution < -0.4 is 5.32 Å². The Bertz CT molecular complexity index is 438. The van der Waals surface area contributed by atoms with Gasteiger partial charge in [0, 0.05) is 30.8 Å². The quantitative estimate of drug-likeness (QED) is 0.770. The Morgan fingerprint density at radius 3 is 2.80 bits per heavy atom. The Morgan fingerprint density at radius 2 is 2.15 bits per heavy atom. The molecular formula is C15H21F2NO2. The smallest absolute Gasteiger partial charge is 0.130 e. The van der Waals surface area contributed by atoms with Crippen LogP contribution in [0.25, 0.3) is 0 Å². The molecule has 0 spiro atoms. The minimum atomic E-state index is -0.625. The summed E-state index contributed by atoms with van der Waals surface area (Å²) in [4.78, 5) is 0. The van der Waals surface area contributed by atoms with Crippen molar-refractivity contribution >= 4 is 0 Å². The number of aliphatic hydroxyl groups is 1. The van der Waals surface area contributed by atoms with Crippen LogP contribution in [-0.4, -0.2) is 31.0 Å². The van der Waals surface area contributed by atoms with E-state index in [4.69, 9.17) is 4.74 Å². The molecule has 2 unspecified atom stereocenters. The maximum Gasteiger partial charge on any atom is 0.130 e. The number of aliphatic hydroxyl groups excluding tert-OH is 1. The van der Waals surface area contributed by atoms with Crippen molar-refractivity contribution in [3.8, 4) is 0 Å². The maximum absolute atomic E-state index is 13.6. The maximum atomic E-state index is 13.6. The second-order valence-corrected chi connectivity index (χ2v) is 5.43. The molecule has 2 atom stereocenters. The standard InChI is InChI=1S/C15H21F2NO2/c1-10(14-5-4-12(16)6-15(14)17)18-7-13(19)9-20-8-11-2-3-11/h4-6,10-11,13,18-19H,2-3,7-9H2,1H3. The minimum absolute atomic E-state index is 0.280. The molecule has 0 aliphatic heterocycles. The first-order valence-electron chi connectivity index (χ1n) is 7.00. The Kier molecular flexibility index (Phi) is 5.46. The van der Waals surface area contributed by atoms with Gasteiger partial charge in [0.1, 0.15) is 11.6 Å². The molecule has 2 rings (SSSR count). The lowest BCUT2D eigenvalue weighted by molar-refractivity contribution is 0.0314. The highest BCUT2D eigenvalue weighted by Crippen LogP contribution is 2.28. The predicted molar refractivity (Wildman–Crippen MR) is 72.3 cm³/mol. The molecular weight excluding hydrogens is 264 g/mol. The highest BCUT2D eigenvalue weighted by molar-refractivity contribution is 5.21. The molecule has 1 aromatic carbocycles. The van der Waals surface area contributed by atoms with Gasteiger partial charge in [0.2, 0.25) is 0 Å². The zero-order chi connectivity index (χ0) is 14.5. The number of hydrogen-bond donors (Lipinski definition) is 2. The van der Waals surface area contributed by atoms with Gasteiger partial charge in [-0.05, 0) is 31.7 Å². The van der Waals surface area contributed by atoms with Crippen LogP contribution in [0.4, 0.5) is 8.78 Å². The summed E-state index contributed by atoms with van der Waals surface area (Å²) in [5, 5.41) is 12.8. The second kappa shape index (κ2) is 7.11. The zero-order valence-corrected chi connectivity index (χ0v) is 11.6. The van der Waals surface area contributed by atoms with Crippen molar-refractivity contribution in [3.63, 3.8) is 0 Å². The fourth-order valence-electron chi connectivity index (χ4n) is 1.99. The second-order valence-electron chi connectivity index (χ2n) is 5.43. The number of hydrogen-bond acceptors (Lipinski definition) is 3. The van der Waals surface area contributed by atoms with E-state index in [0.29, 0.717) is 24.6 Å². The van der Waals surface area contributed by atoms with Gasteiger partial charge < -0.3 is 15.2 Å². The van der Waals surface area contributed by atoms with E-state index < -0.39 is 17.7 Å². The molecule has 20 heavy (non-hydrogen) atoms. The lowest BCUT2D eigenvalue weighted by Crippen LogP contribution is -2.32. The fourth-order valence-corrected chi connectivity index (χ4v) is 1.99. The largest absolute Gasteiger partial charge is 0.389 e. The molecule has 1 aliphatic rings. The van der Waals surface area contributed by atoms with Crippen LogP contribution in [-0.2, 0) is 4.74 Å². The van der Waals surface area contributed by atoms with Crippen molar-refractivity contribution in [2.45, 2.75) is 31.9 Å². The average molecular weight is 285 g/mol. The zero-order valence-electron chi connectivity index (χ0n) is 11.6. The summed E-state index contributed by atoms with van der Waals surface area (Å²) in [7, 11) is 0. The number of rotatable bonds is 8.